The summed E-state index contributed by atoms with van der Waals surface area (Å²) >= 11 is 0. The van der Waals surface area contributed by atoms with Crippen LogP contribution < -0.4 is 5.32 Å². The third-order valence-electron chi connectivity index (χ3n) is 2.56. The summed E-state index contributed by atoms with van der Waals surface area (Å²) in [5.74, 6) is 0. The maximum absolute atomic E-state index is 8.98. The van der Waals surface area contributed by atoms with Gasteiger partial charge in [0.25, 0.3) is 0 Å². The van der Waals surface area contributed by atoms with Crippen LogP contribution in [0.1, 0.15) is 20.3 Å². The Morgan fingerprint density at radius 1 is 1.67 bits per heavy atom. The highest BCUT2D eigenvalue weighted by atomic mass is 16.5. The van der Waals surface area contributed by atoms with Gasteiger partial charge >= 0.3 is 0 Å². The molecule has 1 aliphatic rings. The van der Waals surface area contributed by atoms with E-state index in [1.807, 2.05) is 0 Å². The van der Waals surface area contributed by atoms with Crippen LogP contribution in [0.2, 0.25) is 0 Å². The first-order valence-corrected chi connectivity index (χ1v) is 5.73. The number of ether oxygens (including phenoxy) is 1. The van der Waals surface area contributed by atoms with Crippen molar-refractivity contribution in [2.45, 2.75) is 32.4 Å². The Kier molecular flexibility index (Phi) is 5.62. The Balaban J connectivity index is 2.28. The van der Waals surface area contributed by atoms with Crippen molar-refractivity contribution in [3.8, 4) is 6.07 Å². The molecule has 0 aromatic carbocycles. The maximum atomic E-state index is 8.98. The summed E-state index contributed by atoms with van der Waals surface area (Å²) in [6, 6.07) is 2.26. The van der Waals surface area contributed by atoms with Crippen molar-refractivity contribution in [1.82, 2.24) is 10.2 Å². The largest absolute Gasteiger partial charge is 0.376 e. The molecule has 2 unspecified atom stereocenters. The molecule has 4 nitrogen and oxygen atoms in total. The fourth-order valence-corrected chi connectivity index (χ4v) is 1.78. The summed E-state index contributed by atoms with van der Waals surface area (Å²) in [5.41, 5.74) is 0. The number of rotatable bonds is 5. The lowest BCUT2D eigenvalue weighted by Gasteiger charge is -2.32. The number of morpholine rings is 1. The first kappa shape index (κ1) is 12.4. The Labute approximate surface area is 92.2 Å². The van der Waals surface area contributed by atoms with Gasteiger partial charge in [0, 0.05) is 19.6 Å². The van der Waals surface area contributed by atoms with Crippen LogP contribution in [0.3, 0.4) is 0 Å². The topological polar surface area (TPSA) is 48.3 Å². The number of nitriles is 1. The average molecular weight is 211 g/mol. The van der Waals surface area contributed by atoms with Crippen LogP contribution in [0, 0.1) is 11.3 Å². The van der Waals surface area contributed by atoms with Crippen LogP contribution in [0.5, 0.6) is 0 Å². The lowest BCUT2D eigenvalue weighted by molar-refractivity contribution is -0.0193. The summed E-state index contributed by atoms with van der Waals surface area (Å²) < 4.78 is 5.46. The minimum absolute atomic E-state index is 0.0461. The van der Waals surface area contributed by atoms with Gasteiger partial charge in [0.1, 0.15) is 6.04 Å². The van der Waals surface area contributed by atoms with E-state index in [1.54, 1.807) is 0 Å². The normalized spacial score (nSPS) is 24.7. The molecule has 0 spiro atoms. The quantitative estimate of drug-likeness (QED) is 0.723. The molecule has 1 saturated heterocycles. The highest BCUT2D eigenvalue weighted by Gasteiger charge is 2.19. The first-order chi connectivity index (χ1) is 7.26. The standard InChI is InChI=1S/C11H21N3O/c1-3-4-13-11(7-12)9-14-5-6-15-10(2)8-14/h10-11,13H,3-6,8-9H2,1-2H3. The van der Waals surface area contributed by atoms with Crippen LogP contribution in [-0.4, -0.2) is 49.8 Å². The molecule has 0 aliphatic carbocycles. The van der Waals surface area contributed by atoms with E-state index in [9.17, 15) is 0 Å². The smallest absolute Gasteiger partial charge is 0.108 e. The highest BCUT2D eigenvalue weighted by molar-refractivity contribution is 4.92. The molecule has 0 saturated carbocycles. The van der Waals surface area contributed by atoms with Gasteiger partial charge in [-0.25, -0.2) is 0 Å². The molecule has 0 bridgehead atoms. The second-order valence-electron chi connectivity index (χ2n) is 4.08. The molecule has 1 rings (SSSR count). The molecule has 0 aromatic rings. The second-order valence-corrected chi connectivity index (χ2v) is 4.08. The zero-order valence-electron chi connectivity index (χ0n) is 9.70. The fourth-order valence-electron chi connectivity index (χ4n) is 1.78. The van der Waals surface area contributed by atoms with Gasteiger partial charge in [-0.1, -0.05) is 6.92 Å². The van der Waals surface area contributed by atoms with Crippen molar-refractivity contribution >= 4 is 0 Å². The third-order valence-corrected chi connectivity index (χ3v) is 2.56. The zero-order chi connectivity index (χ0) is 11.1. The molecule has 0 radical (unpaired) electrons. The number of hydrogen-bond acceptors (Lipinski definition) is 4. The third kappa shape index (κ3) is 4.61. The van der Waals surface area contributed by atoms with Gasteiger partial charge in [-0.15, -0.1) is 0 Å². The van der Waals surface area contributed by atoms with E-state index < -0.39 is 0 Å². The predicted octanol–water partition coefficient (Wildman–Crippen LogP) is 0.599. The minimum Gasteiger partial charge on any atom is -0.376 e. The Bertz CT molecular complexity index is 214. The number of nitrogens with one attached hydrogen (secondary N) is 1. The van der Waals surface area contributed by atoms with Crippen molar-refractivity contribution in [3.05, 3.63) is 0 Å². The predicted molar refractivity (Wildman–Crippen MR) is 59.5 cm³/mol. The number of nitrogens with zero attached hydrogens (tertiary/aromatic N) is 2. The molecular weight excluding hydrogens is 190 g/mol. The van der Waals surface area contributed by atoms with E-state index in [2.05, 4.69) is 30.1 Å². The summed E-state index contributed by atoms with van der Waals surface area (Å²) in [5, 5.41) is 12.2. The van der Waals surface area contributed by atoms with Gasteiger partial charge < -0.3 is 10.1 Å². The van der Waals surface area contributed by atoms with Crippen LogP contribution in [0.15, 0.2) is 0 Å². The van der Waals surface area contributed by atoms with E-state index in [0.717, 1.165) is 39.2 Å². The summed E-state index contributed by atoms with van der Waals surface area (Å²) in [4.78, 5) is 2.30. The highest BCUT2D eigenvalue weighted by Crippen LogP contribution is 2.04. The van der Waals surface area contributed by atoms with Gasteiger partial charge in [0.05, 0.1) is 18.8 Å². The van der Waals surface area contributed by atoms with Crippen molar-refractivity contribution in [2.24, 2.45) is 0 Å². The van der Waals surface area contributed by atoms with Gasteiger partial charge in [0.15, 0.2) is 0 Å². The molecule has 1 fully saturated rings. The van der Waals surface area contributed by atoms with E-state index in [-0.39, 0.29) is 6.04 Å². The minimum atomic E-state index is -0.0461. The van der Waals surface area contributed by atoms with E-state index in [0.29, 0.717) is 6.10 Å². The van der Waals surface area contributed by atoms with Gasteiger partial charge in [-0.3, -0.25) is 4.90 Å². The Hall–Kier alpha value is -0.630. The molecule has 86 valence electrons. The molecule has 1 heterocycles. The van der Waals surface area contributed by atoms with Crippen LogP contribution in [-0.2, 0) is 4.74 Å². The monoisotopic (exact) mass is 211 g/mol. The van der Waals surface area contributed by atoms with E-state index in [1.165, 1.54) is 0 Å². The molecular formula is C11H21N3O. The van der Waals surface area contributed by atoms with Gasteiger partial charge in [-0.2, -0.15) is 5.26 Å². The van der Waals surface area contributed by atoms with Crippen molar-refractivity contribution in [3.63, 3.8) is 0 Å². The Morgan fingerprint density at radius 2 is 2.47 bits per heavy atom. The van der Waals surface area contributed by atoms with Crippen LogP contribution in [0.4, 0.5) is 0 Å². The lowest BCUT2D eigenvalue weighted by Crippen LogP contribution is -2.47. The van der Waals surface area contributed by atoms with Gasteiger partial charge in [-0.05, 0) is 19.9 Å². The molecule has 1 N–H and O–H groups in total. The molecule has 2 atom stereocenters. The van der Waals surface area contributed by atoms with Crippen molar-refractivity contribution in [1.29, 1.82) is 5.26 Å². The summed E-state index contributed by atoms with van der Waals surface area (Å²) in [7, 11) is 0. The van der Waals surface area contributed by atoms with E-state index >= 15 is 0 Å². The molecule has 15 heavy (non-hydrogen) atoms. The Morgan fingerprint density at radius 3 is 3.07 bits per heavy atom. The zero-order valence-corrected chi connectivity index (χ0v) is 9.70. The second kappa shape index (κ2) is 6.78. The molecule has 4 heteroatoms. The summed E-state index contributed by atoms with van der Waals surface area (Å²) in [6.45, 7) is 8.57. The van der Waals surface area contributed by atoms with E-state index in [4.69, 9.17) is 10.00 Å². The van der Waals surface area contributed by atoms with Crippen LogP contribution in [0.25, 0.3) is 0 Å². The molecule has 1 aliphatic heterocycles. The first-order valence-electron chi connectivity index (χ1n) is 5.73. The number of hydrogen-bond donors (Lipinski definition) is 1. The lowest BCUT2D eigenvalue weighted by atomic mass is 10.2. The summed E-state index contributed by atoms with van der Waals surface area (Å²) in [6.07, 6.45) is 1.36. The SMILES string of the molecule is CCCNC(C#N)CN1CCOC(C)C1. The van der Waals surface area contributed by atoms with Crippen molar-refractivity contribution in [2.75, 3.05) is 32.8 Å². The molecule has 0 aromatic heterocycles. The van der Waals surface area contributed by atoms with Crippen LogP contribution >= 0.6 is 0 Å². The maximum Gasteiger partial charge on any atom is 0.108 e. The van der Waals surface area contributed by atoms with Crippen molar-refractivity contribution < 1.29 is 4.74 Å². The fraction of sp³-hybridized carbons (Fsp3) is 0.909. The van der Waals surface area contributed by atoms with Gasteiger partial charge in [0.2, 0.25) is 0 Å². The average Bonchev–Trinajstić information content (AvgIpc) is 2.24. The molecule has 0 amide bonds.